The summed E-state index contributed by atoms with van der Waals surface area (Å²) in [6.07, 6.45) is -1.94. The molecule has 3 heterocycles. The molecule has 176 valence electrons. The molecule has 3 saturated heterocycles. The zero-order valence-electron chi connectivity index (χ0n) is 18.9. The van der Waals surface area contributed by atoms with Gasteiger partial charge >= 0.3 is 12.3 Å². The van der Waals surface area contributed by atoms with Gasteiger partial charge < -0.3 is 10.1 Å². The maximum absolute atomic E-state index is 13.2. The van der Waals surface area contributed by atoms with Gasteiger partial charge in [0.1, 0.15) is 6.10 Å². The van der Waals surface area contributed by atoms with Gasteiger partial charge in [-0.3, -0.25) is 4.90 Å². The Morgan fingerprint density at radius 2 is 1.82 bits per heavy atom. The van der Waals surface area contributed by atoms with Crippen molar-refractivity contribution < 1.29 is 22.7 Å². The van der Waals surface area contributed by atoms with Crippen molar-refractivity contribution in [2.75, 3.05) is 19.6 Å². The Kier molecular flexibility index (Phi) is 5.43. The van der Waals surface area contributed by atoms with Crippen molar-refractivity contribution in [2.24, 2.45) is 5.92 Å². The minimum absolute atomic E-state index is 0.0512. The van der Waals surface area contributed by atoms with Crippen molar-refractivity contribution in [3.8, 4) is 11.1 Å². The van der Waals surface area contributed by atoms with Crippen molar-refractivity contribution in [1.29, 1.82) is 0 Å². The Hall–Kier alpha value is -2.54. The molecule has 2 atom stereocenters. The van der Waals surface area contributed by atoms with Gasteiger partial charge in [0.25, 0.3) is 0 Å². The third kappa shape index (κ3) is 4.35. The fraction of sp³-hybridized carbons (Fsp3) is 0.500. The molecule has 4 aliphatic rings. The predicted octanol–water partition coefficient (Wildman–Crippen LogP) is 5.92. The molecule has 0 saturated carbocycles. The molecule has 0 radical (unpaired) electrons. The predicted molar refractivity (Wildman–Crippen MR) is 120 cm³/mol. The maximum Gasteiger partial charge on any atom is 0.416 e. The van der Waals surface area contributed by atoms with Crippen molar-refractivity contribution in [1.82, 2.24) is 10.2 Å². The SMILES string of the molecule is CC1(C)CC(NC(=O)O[C@H]2CN3CCC2CC3)c2ccc(-c3cccc(C(F)(F)F)c3)cc21. The summed E-state index contributed by atoms with van der Waals surface area (Å²) in [7, 11) is 0. The third-order valence-corrected chi connectivity index (χ3v) is 7.54. The van der Waals surface area contributed by atoms with E-state index >= 15 is 0 Å². The van der Waals surface area contributed by atoms with Gasteiger partial charge in [0.05, 0.1) is 11.6 Å². The van der Waals surface area contributed by atoms with E-state index in [4.69, 9.17) is 4.74 Å². The van der Waals surface area contributed by atoms with Crippen LogP contribution in [0.5, 0.6) is 0 Å². The molecule has 3 fully saturated rings. The van der Waals surface area contributed by atoms with E-state index in [1.54, 1.807) is 6.07 Å². The van der Waals surface area contributed by atoms with Crippen LogP contribution < -0.4 is 5.32 Å². The van der Waals surface area contributed by atoms with E-state index in [-0.39, 0.29) is 23.7 Å². The fourth-order valence-corrected chi connectivity index (χ4v) is 5.72. The van der Waals surface area contributed by atoms with Gasteiger partial charge in [-0.1, -0.05) is 44.2 Å². The molecule has 3 aliphatic heterocycles. The van der Waals surface area contributed by atoms with Crippen LogP contribution in [0, 0.1) is 5.92 Å². The normalized spacial score (nSPS) is 27.8. The number of hydrogen-bond donors (Lipinski definition) is 1. The number of fused-ring (bicyclic) bond motifs is 4. The monoisotopic (exact) mass is 458 g/mol. The number of piperidine rings is 3. The zero-order chi connectivity index (χ0) is 23.4. The number of nitrogens with zero attached hydrogens (tertiary/aromatic N) is 1. The van der Waals surface area contributed by atoms with Crippen molar-refractivity contribution >= 4 is 6.09 Å². The first kappa shape index (κ1) is 22.3. The number of ether oxygens (including phenoxy) is 1. The van der Waals surface area contributed by atoms with E-state index in [9.17, 15) is 18.0 Å². The van der Waals surface area contributed by atoms with Gasteiger partial charge in [0, 0.05) is 6.54 Å². The summed E-state index contributed by atoms with van der Waals surface area (Å²) >= 11 is 0. The van der Waals surface area contributed by atoms with Crippen LogP contribution in [0.4, 0.5) is 18.0 Å². The number of nitrogens with one attached hydrogen (secondary N) is 1. The Balaban J connectivity index is 1.34. The van der Waals surface area contributed by atoms with Gasteiger partial charge in [-0.25, -0.2) is 4.79 Å². The molecule has 0 aromatic heterocycles. The number of carbonyl (C=O) groups excluding carboxylic acids is 1. The second-order valence-corrected chi connectivity index (χ2v) is 10.2. The lowest BCUT2D eigenvalue weighted by molar-refractivity contribution is -0.137. The topological polar surface area (TPSA) is 41.6 Å². The van der Waals surface area contributed by atoms with Crippen LogP contribution in [-0.2, 0) is 16.3 Å². The molecule has 0 spiro atoms. The summed E-state index contributed by atoms with van der Waals surface area (Å²) in [5, 5.41) is 3.06. The van der Waals surface area contributed by atoms with Gasteiger partial charge in [0.15, 0.2) is 0 Å². The Morgan fingerprint density at radius 3 is 2.48 bits per heavy atom. The lowest BCUT2D eigenvalue weighted by Gasteiger charge is -2.43. The second-order valence-electron chi connectivity index (χ2n) is 10.2. The number of hydrogen-bond acceptors (Lipinski definition) is 3. The summed E-state index contributed by atoms with van der Waals surface area (Å²) in [5.74, 6) is 0.447. The first-order chi connectivity index (χ1) is 15.6. The molecule has 1 aliphatic carbocycles. The fourth-order valence-electron chi connectivity index (χ4n) is 5.72. The number of alkyl carbamates (subject to hydrolysis) is 1. The average molecular weight is 459 g/mol. The van der Waals surface area contributed by atoms with E-state index in [2.05, 4.69) is 24.1 Å². The highest BCUT2D eigenvalue weighted by molar-refractivity contribution is 5.70. The van der Waals surface area contributed by atoms with Crippen molar-refractivity contribution in [3.05, 3.63) is 59.2 Å². The smallest absolute Gasteiger partial charge is 0.416 e. The summed E-state index contributed by atoms with van der Waals surface area (Å²) in [4.78, 5) is 15.1. The van der Waals surface area contributed by atoms with Crippen LogP contribution in [0.2, 0.25) is 0 Å². The van der Waals surface area contributed by atoms with E-state index in [1.807, 2.05) is 18.2 Å². The summed E-state index contributed by atoms with van der Waals surface area (Å²) in [5.41, 5.74) is 2.44. The zero-order valence-corrected chi connectivity index (χ0v) is 18.9. The third-order valence-electron chi connectivity index (χ3n) is 7.54. The van der Waals surface area contributed by atoms with Crippen LogP contribution in [0.1, 0.15) is 55.8 Å². The van der Waals surface area contributed by atoms with Crippen LogP contribution in [0.25, 0.3) is 11.1 Å². The van der Waals surface area contributed by atoms with Crippen LogP contribution >= 0.6 is 0 Å². The molecule has 1 unspecified atom stereocenters. The molecule has 4 nitrogen and oxygen atoms in total. The molecule has 1 amide bonds. The second kappa shape index (κ2) is 8.05. The van der Waals surface area contributed by atoms with Crippen molar-refractivity contribution in [3.63, 3.8) is 0 Å². The lowest BCUT2D eigenvalue weighted by Crippen LogP contribution is -2.52. The molecule has 7 heteroatoms. The molecule has 2 bridgehead atoms. The average Bonchev–Trinajstić information content (AvgIpc) is 3.03. The lowest BCUT2D eigenvalue weighted by atomic mass is 9.85. The van der Waals surface area contributed by atoms with E-state index in [1.165, 1.54) is 12.1 Å². The summed E-state index contributed by atoms with van der Waals surface area (Å²) in [6, 6.07) is 10.9. The molecule has 33 heavy (non-hydrogen) atoms. The minimum atomic E-state index is -4.38. The standard InChI is InChI=1S/C26H29F3N2O2/c1-25(2)14-22(30-24(32)33-23-15-31-10-8-16(23)9-11-31)20-7-6-18(13-21(20)25)17-4-3-5-19(12-17)26(27,28)29/h3-7,12-13,16,22-23H,8-11,14-15H2,1-2H3,(H,30,32)/t22?,23-/m0/s1. The van der Waals surface area contributed by atoms with E-state index < -0.39 is 11.7 Å². The quantitative estimate of drug-likeness (QED) is 0.621. The van der Waals surface area contributed by atoms with Gasteiger partial charge in [0.2, 0.25) is 0 Å². The summed E-state index contributed by atoms with van der Waals surface area (Å²) < 4.78 is 45.3. The Bertz CT molecular complexity index is 1060. The van der Waals surface area contributed by atoms with Crippen LogP contribution in [0.15, 0.2) is 42.5 Å². The van der Waals surface area contributed by atoms with E-state index in [0.717, 1.165) is 55.2 Å². The number of carbonyl (C=O) groups is 1. The Morgan fingerprint density at radius 1 is 1.09 bits per heavy atom. The Labute approximate surface area is 192 Å². The highest BCUT2D eigenvalue weighted by atomic mass is 19.4. The van der Waals surface area contributed by atoms with Crippen LogP contribution in [0.3, 0.4) is 0 Å². The summed E-state index contributed by atoms with van der Waals surface area (Å²) in [6.45, 7) is 7.19. The maximum atomic E-state index is 13.2. The van der Waals surface area contributed by atoms with Gasteiger partial charge in [-0.2, -0.15) is 13.2 Å². The van der Waals surface area contributed by atoms with E-state index in [0.29, 0.717) is 17.9 Å². The number of alkyl halides is 3. The molecular weight excluding hydrogens is 429 g/mol. The molecule has 1 N–H and O–H groups in total. The van der Waals surface area contributed by atoms with Crippen molar-refractivity contribution in [2.45, 2.75) is 56.8 Å². The number of amides is 1. The molecule has 6 rings (SSSR count). The number of benzene rings is 2. The van der Waals surface area contributed by atoms with Gasteiger partial charge in [-0.05, 0) is 78.1 Å². The molecular formula is C26H29F3N2O2. The highest BCUT2D eigenvalue weighted by Gasteiger charge is 2.40. The largest absolute Gasteiger partial charge is 0.445 e. The van der Waals surface area contributed by atoms with Gasteiger partial charge in [-0.15, -0.1) is 0 Å². The first-order valence-electron chi connectivity index (χ1n) is 11.6. The molecule has 2 aromatic carbocycles. The van der Waals surface area contributed by atoms with Crippen LogP contribution in [-0.4, -0.2) is 36.7 Å². The number of rotatable bonds is 3. The number of halogens is 3. The molecule has 2 aromatic rings. The first-order valence-corrected chi connectivity index (χ1v) is 11.6. The minimum Gasteiger partial charge on any atom is -0.445 e. The highest BCUT2D eigenvalue weighted by Crippen LogP contribution is 2.46.